The van der Waals surface area contributed by atoms with E-state index < -0.39 is 0 Å². The smallest absolute Gasteiger partial charge is 0.244 e. The second-order valence-electron chi connectivity index (χ2n) is 6.54. The zero-order chi connectivity index (χ0) is 18.4. The molecule has 1 aromatic heterocycles. The number of aryl methyl sites for hydroxylation is 2. The Morgan fingerprint density at radius 1 is 1.23 bits per heavy atom. The molecule has 5 heteroatoms. The third kappa shape index (κ3) is 4.92. The molecule has 0 saturated carbocycles. The fraction of sp³-hybridized carbons (Fsp3) is 0.333. The highest BCUT2D eigenvalue weighted by molar-refractivity contribution is 5.91. The van der Waals surface area contributed by atoms with Gasteiger partial charge in [0.05, 0.1) is 13.2 Å². The number of carbonyl (C=O) groups excluding carboxylic acids is 1. The maximum Gasteiger partial charge on any atom is 0.244 e. The molecule has 1 aliphatic heterocycles. The predicted octanol–water partition coefficient (Wildman–Crippen LogP) is 2.86. The largest absolute Gasteiger partial charge is 0.378 e. The van der Waals surface area contributed by atoms with Gasteiger partial charge in [0, 0.05) is 31.9 Å². The monoisotopic (exact) mass is 351 g/mol. The molecule has 26 heavy (non-hydrogen) atoms. The highest BCUT2D eigenvalue weighted by Gasteiger charge is 2.11. The van der Waals surface area contributed by atoms with E-state index in [1.165, 1.54) is 5.56 Å². The first kappa shape index (κ1) is 18.1. The van der Waals surface area contributed by atoms with Crippen molar-refractivity contribution < 1.29 is 9.53 Å². The molecule has 1 N–H and O–H groups in total. The van der Waals surface area contributed by atoms with Crippen molar-refractivity contribution in [2.45, 2.75) is 20.4 Å². The number of morpholine rings is 1. The number of rotatable bonds is 5. The van der Waals surface area contributed by atoms with Gasteiger partial charge >= 0.3 is 0 Å². The Balaban J connectivity index is 1.51. The molecule has 1 aliphatic rings. The van der Waals surface area contributed by atoms with Crippen molar-refractivity contribution in [1.29, 1.82) is 0 Å². The van der Waals surface area contributed by atoms with Gasteiger partial charge in [-0.05, 0) is 42.7 Å². The summed E-state index contributed by atoms with van der Waals surface area (Å²) in [4.78, 5) is 18.7. The molecule has 2 aromatic rings. The maximum atomic E-state index is 12.0. The lowest BCUT2D eigenvalue weighted by atomic mass is 10.1. The molecular weight excluding hydrogens is 326 g/mol. The molecule has 0 atom stereocenters. The van der Waals surface area contributed by atoms with Crippen LogP contribution in [-0.4, -0.2) is 37.2 Å². The highest BCUT2D eigenvalue weighted by Crippen LogP contribution is 2.13. The average molecular weight is 351 g/mol. The number of pyridine rings is 1. The molecule has 0 spiro atoms. The Labute approximate surface area is 154 Å². The number of aromatic nitrogens is 1. The third-order valence-electron chi connectivity index (χ3n) is 4.45. The molecule has 3 rings (SSSR count). The second-order valence-corrected chi connectivity index (χ2v) is 6.54. The number of benzene rings is 1. The standard InChI is InChI=1S/C21H25N3O2/c1-16-3-5-19(17(2)13-16)6-8-21(25)23-15-18-4-7-20(22-14-18)24-9-11-26-12-10-24/h3-8,13-14H,9-12,15H2,1-2H3,(H,23,25)/b8-6+. The minimum Gasteiger partial charge on any atom is -0.378 e. The predicted molar refractivity (Wildman–Crippen MR) is 104 cm³/mol. The Morgan fingerprint density at radius 2 is 2.04 bits per heavy atom. The van der Waals surface area contributed by atoms with Crippen LogP contribution in [0.1, 0.15) is 22.3 Å². The fourth-order valence-electron chi connectivity index (χ4n) is 2.93. The number of hydrogen-bond donors (Lipinski definition) is 1. The Bertz CT molecular complexity index is 778. The van der Waals surface area contributed by atoms with Gasteiger partial charge in [-0.15, -0.1) is 0 Å². The van der Waals surface area contributed by atoms with E-state index in [0.29, 0.717) is 6.54 Å². The van der Waals surface area contributed by atoms with Gasteiger partial charge in [0.25, 0.3) is 0 Å². The molecule has 1 aromatic carbocycles. The maximum absolute atomic E-state index is 12.0. The van der Waals surface area contributed by atoms with Gasteiger partial charge in [0.2, 0.25) is 5.91 Å². The summed E-state index contributed by atoms with van der Waals surface area (Å²) >= 11 is 0. The molecule has 0 radical (unpaired) electrons. The molecule has 2 heterocycles. The van der Waals surface area contributed by atoms with Crippen LogP contribution in [0.15, 0.2) is 42.6 Å². The lowest BCUT2D eigenvalue weighted by Crippen LogP contribution is -2.36. The van der Waals surface area contributed by atoms with Crippen molar-refractivity contribution in [2.24, 2.45) is 0 Å². The summed E-state index contributed by atoms with van der Waals surface area (Å²) in [5, 5.41) is 2.90. The van der Waals surface area contributed by atoms with Crippen LogP contribution in [0.25, 0.3) is 6.08 Å². The first-order valence-electron chi connectivity index (χ1n) is 8.92. The van der Waals surface area contributed by atoms with E-state index in [0.717, 1.165) is 48.8 Å². The average Bonchev–Trinajstić information content (AvgIpc) is 2.67. The molecule has 0 aliphatic carbocycles. The van der Waals surface area contributed by atoms with E-state index in [2.05, 4.69) is 28.2 Å². The lowest BCUT2D eigenvalue weighted by Gasteiger charge is -2.27. The van der Waals surface area contributed by atoms with Crippen LogP contribution in [0, 0.1) is 13.8 Å². The Morgan fingerprint density at radius 3 is 2.73 bits per heavy atom. The minimum absolute atomic E-state index is 0.109. The summed E-state index contributed by atoms with van der Waals surface area (Å²) in [5.74, 6) is 0.848. The summed E-state index contributed by atoms with van der Waals surface area (Å²) in [6.45, 7) is 7.79. The summed E-state index contributed by atoms with van der Waals surface area (Å²) in [6, 6.07) is 10.2. The Kier molecular flexibility index (Phi) is 6.02. The molecule has 1 saturated heterocycles. The van der Waals surface area contributed by atoms with Gasteiger partial charge in [0.15, 0.2) is 0 Å². The molecule has 1 amide bonds. The van der Waals surface area contributed by atoms with E-state index in [1.54, 1.807) is 6.08 Å². The third-order valence-corrected chi connectivity index (χ3v) is 4.45. The van der Waals surface area contributed by atoms with Crippen molar-refractivity contribution in [3.05, 3.63) is 64.9 Å². The van der Waals surface area contributed by atoms with Crippen LogP contribution in [0.2, 0.25) is 0 Å². The number of anilines is 1. The molecule has 0 unspecified atom stereocenters. The van der Waals surface area contributed by atoms with Crippen LogP contribution < -0.4 is 10.2 Å². The van der Waals surface area contributed by atoms with Crippen LogP contribution >= 0.6 is 0 Å². The zero-order valence-electron chi connectivity index (χ0n) is 15.4. The molecule has 5 nitrogen and oxygen atoms in total. The SMILES string of the molecule is Cc1ccc(/C=C/C(=O)NCc2ccc(N3CCOCC3)nc2)c(C)c1. The number of ether oxygens (including phenoxy) is 1. The lowest BCUT2D eigenvalue weighted by molar-refractivity contribution is -0.116. The quantitative estimate of drug-likeness (QED) is 0.842. The highest BCUT2D eigenvalue weighted by atomic mass is 16.5. The minimum atomic E-state index is -0.109. The van der Waals surface area contributed by atoms with Gasteiger partial charge in [-0.25, -0.2) is 4.98 Å². The topological polar surface area (TPSA) is 54.5 Å². The summed E-state index contributed by atoms with van der Waals surface area (Å²) in [6.07, 6.45) is 5.25. The molecular formula is C21H25N3O2. The van der Waals surface area contributed by atoms with Crippen molar-refractivity contribution >= 4 is 17.8 Å². The number of nitrogens with zero attached hydrogens (tertiary/aromatic N) is 2. The van der Waals surface area contributed by atoms with Crippen molar-refractivity contribution in [2.75, 3.05) is 31.2 Å². The van der Waals surface area contributed by atoms with Gasteiger partial charge in [0.1, 0.15) is 5.82 Å². The summed E-state index contributed by atoms with van der Waals surface area (Å²) in [5.41, 5.74) is 4.42. The van der Waals surface area contributed by atoms with Crippen molar-refractivity contribution in [3.8, 4) is 0 Å². The summed E-state index contributed by atoms with van der Waals surface area (Å²) in [7, 11) is 0. The van der Waals surface area contributed by atoms with E-state index in [9.17, 15) is 4.79 Å². The van der Waals surface area contributed by atoms with Crippen LogP contribution in [0.5, 0.6) is 0 Å². The van der Waals surface area contributed by atoms with Gasteiger partial charge < -0.3 is 15.0 Å². The first-order chi connectivity index (χ1) is 12.6. The van der Waals surface area contributed by atoms with Crippen LogP contribution in [0.4, 0.5) is 5.82 Å². The number of hydrogen-bond acceptors (Lipinski definition) is 4. The summed E-state index contributed by atoms with van der Waals surface area (Å²) < 4.78 is 5.35. The Hall–Kier alpha value is -2.66. The van der Waals surface area contributed by atoms with Gasteiger partial charge in [-0.2, -0.15) is 0 Å². The number of nitrogens with one attached hydrogen (secondary N) is 1. The number of carbonyl (C=O) groups is 1. The van der Waals surface area contributed by atoms with Crippen LogP contribution in [-0.2, 0) is 16.1 Å². The molecule has 0 bridgehead atoms. The van der Waals surface area contributed by atoms with Crippen molar-refractivity contribution in [3.63, 3.8) is 0 Å². The second kappa shape index (κ2) is 8.63. The van der Waals surface area contributed by atoms with Gasteiger partial charge in [-0.1, -0.05) is 29.8 Å². The van der Waals surface area contributed by atoms with Crippen LogP contribution in [0.3, 0.4) is 0 Å². The zero-order valence-corrected chi connectivity index (χ0v) is 15.4. The van der Waals surface area contributed by atoms with E-state index in [4.69, 9.17) is 4.74 Å². The van der Waals surface area contributed by atoms with E-state index >= 15 is 0 Å². The molecule has 136 valence electrons. The normalized spacial score (nSPS) is 14.6. The van der Waals surface area contributed by atoms with Crippen molar-refractivity contribution in [1.82, 2.24) is 10.3 Å². The molecule has 1 fully saturated rings. The van der Waals surface area contributed by atoms with E-state index in [1.807, 2.05) is 43.5 Å². The van der Waals surface area contributed by atoms with Gasteiger partial charge in [-0.3, -0.25) is 4.79 Å². The number of amides is 1. The van der Waals surface area contributed by atoms with E-state index in [-0.39, 0.29) is 5.91 Å². The fourth-order valence-corrected chi connectivity index (χ4v) is 2.93. The first-order valence-corrected chi connectivity index (χ1v) is 8.92.